The van der Waals surface area contributed by atoms with Crippen LogP contribution >= 0.6 is 0 Å². The first-order valence-corrected chi connectivity index (χ1v) is 5.38. The molecule has 0 aromatic rings. The number of carbonyl (C=O) groups is 1. The molecule has 3 heteroatoms. The van der Waals surface area contributed by atoms with Gasteiger partial charge in [0.2, 0.25) is 5.91 Å². The third-order valence-corrected chi connectivity index (χ3v) is 2.20. The fourth-order valence-corrected chi connectivity index (χ4v) is 1.28. The Labute approximate surface area is 87.4 Å². The number of hydrogen-bond acceptors (Lipinski definition) is 2. The molecule has 0 aliphatic heterocycles. The summed E-state index contributed by atoms with van der Waals surface area (Å²) in [6.07, 6.45) is 2.39. The number of nitrogens with one attached hydrogen (secondary N) is 1. The minimum atomic E-state index is -0.164. The molecule has 84 valence electrons. The zero-order valence-electron chi connectivity index (χ0n) is 9.89. The number of hydrogen-bond donors (Lipinski definition) is 2. The van der Waals surface area contributed by atoms with Gasteiger partial charge < -0.3 is 11.1 Å². The SMILES string of the molecule is CC(C)CCC(=O)NC(C)(C)CCN. The van der Waals surface area contributed by atoms with Gasteiger partial charge in [-0.3, -0.25) is 4.79 Å². The Bertz CT molecular complexity index is 176. The predicted molar refractivity (Wildman–Crippen MR) is 60.0 cm³/mol. The Morgan fingerprint density at radius 3 is 2.43 bits per heavy atom. The van der Waals surface area contributed by atoms with Gasteiger partial charge in [-0.05, 0) is 39.2 Å². The highest BCUT2D eigenvalue weighted by molar-refractivity contribution is 5.76. The van der Waals surface area contributed by atoms with Crippen molar-refractivity contribution >= 4 is 5.91 Å². The van der Waals surface area contributed by atoms with Crippen LogP contribution in [0, 0.1) is 5.92 Å². The summed E-state index contributed by atoms with van der Waals surface area (Å²) in [7, 11) is 0. The van der Waals surface area contributed by atoms with Gasteiger partial charge in [0.05, 0.1) is 0 Å². The summed E-state index contributed by atoms with van der Waals surface area (Å²) in [6, 6.07) is 0. The first-order valence-electron chi connectivity index (χ1n) is 5.38. The number of amides is 1. The van der Waals surface area contributed by atoms with Crippen molar-refractivity contribution in [3.05, 3.63) is 0 Å². The normalized spacial score (nSPS) is 11.9. The zero-order valence-corrected chi connectivity index (χ0v) is 9.89. The first-order chi connectivity index (χ1) is 6.37. The lowest BCUT2D eigenvalue weighted by Gasteiger charge is -2.25. The van der Waals surface area contributed by atoms with Gasteiger partial charge in [-0.15, -0.1) is 0 Å². The summed E-state index contributed by atoms with van der Waals surface area (Å²) in [4.78, 5) is 11.5. The summed E-state index contributed by atoms with van der Waals surface area (Å²) in [5.74, 6) is 0.718. The predicted octanol–water partition coefficient (Wildman–Crippen LogP) is 1.67. The molecule has 0 radical (unpaired) electrons. The van der Waals surface area contributed by atoms with Crippen LogP contribution in [0.15, 0.2) is 0 Å². The smallest absolute Gasteiger partial charge is 0.220 e. The van der Waals surface area contributed by atoms with Gasteiger partial charge in [0.1, 0.15) is 0 Å². The maximum atomic E-state index is 11.5. The molecule has 14 heavy (non-hydrogen) atoms. The van der Waals surface area contributed by atoms with Crippen molar-refractivity contribution in [1.82, 2.24) is 5.32 Å². The maximum Gasteiger partial charge on any atom is 0.220 e. The quantitative estimate of drug-likeness (QED) is 0.685. The van der Waals surface area contributed by atoms with E-state index in [1.165, 1.54) is 0 Å². The van der Waals surface area contributed by atoms with Gasteiger partial charge in [-0.2, -0.15) is 0 Å². The van der Waals surface area contributed by atoms with Crippen LogP contribution < -0.4 is 11.1 Å². The lowest BCUT2D eigenvalue weighted by atomic mass is 10.00. The molecule has 1 amide bonds. The fourth-order valence-electron chi connectivity index (χ4n) is 1.28. The molecule has 0 saturated carbocycles. The molecule has 0 rings (SSSR count). The van der Waals surface area contributed by atoms with Crippen molar-refractivity contribution in [1.29, 1.82) is 0 Å². The van der Waals surface area contributed by atoms with Gasteiger partial charge in [0.25, 0.3) is 0 Å². The molecule has 0 aliphatic rings. The Balaban J connectivity index is 3.81. The highest BCUT2D eigenvalue weighted by Crippen LogP contribution is 2.09. The summed E-state index contributed by atoms with van der Waals surface area (Å²) < 4.78 is 0. The second kappa shape index (κ2) is 6.02. The highest BCUT2D eigenvalue weighted by Gasteiger charge is 2.18. The van der Waals surface area contributed by atoms with Crippen molar-refractivity contribution in [3.8, 4) is 0 Å². The van der Waals surface area contributed by atoms with E-state index in [1.54, 1.807) is 0 Å². The summed E-state index contributed by atoms with van der Waals surface area (Å²) in [5, 5.41) is 2.99. The van der Waals surface area contributed by atoms with Crippen LogP contribution in [0.1, 0.15) is 47.0 Å². The molecule has 0 aromatic carbocycles. The van der Waals surface area contributed by atoms with Crippen LogP contribution in [0.3, 0.4) is 0 Å². The molecule has 0 aromatic heterocycles. The largest absolute Gasteiger partial charge is 0.351 e. The van der Waals surface area contributed by atoms with Crippen molar-refractivity contribution in [2.24, 2.45) is 11.7 Å². The molecule has 0 bridgehead atoms. The van der Waals surface area contributed by atoms with Crippen LogP contribution in [-0.4, -0.2) is 18.0 Å². The lowest BCUT2D eigenvalue weighted by Crippen LogP contribution is -2.44. The molecule has 0 spiro atoms. The molecule has 0 unspecified atom stereocenters. The van der Waals surface area contributed by atoms with E-state index >= 15 is 0 Å². The summed E-state index contributed by atoms with van der Waals surface area (Å²) >= 11 is 0. The van der Waals surface area contributed by atoms with Gasteiger partial charge in [0, 0.05) is 12.0 Å². The average Bonchev–Trinajstić information content (AvgIpc) is 1.99. The number of nitrogens with two attached hydrogens (primary N) is 1. The standard InChI is InChI=1S/C11H24N2O/c1-9(2)5-6-10(14)13-11(3,4)7-8-12/h9H,5-8,12H2,1-4H3,(H,13,14). The van der Waals surface area contributed by atoms with E-state index in [0.29, 0.717) is 18.9 Å². The van der Waals surface area contributed by atoms with E-state index < -0.39 is 0 Å². The Morgan fingerprint density at radius 1 is 1.43 bits per heavy atom. The van der Waals surface area contributed by atoms with Crippen molar-refractivity contribution in [3.63, 3.8) is 0 Å². The van der Waals surface area contributed by atoms with Crippen molar-refractivity contribution in [2.45, 2.75) is 52.5 Å². The zero-order chi connectivity index (χ0) is 11.2. The summed E-state index contributed by atoms with van der Waals surface area (Å²) in [5.41, 5.74) is 5.30. The van der Waals surface area contributed by atoms with Crippen LogP contribution in [0.2, 0.25) is 0 Å². The van der Waals surface area contributed by atoms with Crippen molar-refractivity contribution in [2.75, 3.05) is 6.54 Å². The third-order valence-electron chi connectivity index (χ3n) is 2.20. The topological polar surface area (TPSA) is 55.1 Å². The lowest BCUT2D eigenvalue weighted by molar-refractivity contribution is -0.123. The van der Waals surface area contributed by atoms with Crippen LogP contribution in [0.4, 0.5) is 0 Å². The molecule has 0 aliphatic carbocycles. The average molecular weight is 200 g/mol. The molecule has 3 N–H and O–H groups in total. The third kappa shape index (κ3) is 6.89. The van der Waals surface area contributed by atoms with Crippen LogP contribution in [0.5, 0.6) is 0 Å². The van der Waals surface area contributed by atoms with Gasteiger partial charge in [-0.25, -0.2) is 0 Å². The van der Waals surface area contributed by atoms with E-state index in [2.05, 4.69) is 19.2 Å². The van der Waals surface area contributed by atoms with E-state index in [-0.39, 0.29) is 11.4 Å². The monoisotopic (exact) mass is 200 g/mol. The van der Waals surface area contributed by atoms with E-state index in [1.807, 2.05) is 13.8 Å². The Hall–Kier alpha value is -0.570. The Kier molecular flexibility index (Phi) is 5.77. The van der Waals surface area contributed by atoms with Gasteiger partial charge in [0.15, 0.2) is 0 Å². The molecule has 3 nitrogen and oxygen atoms in total. The fraction of sp³-hybridized carbons (Fsp3) is 0.909. The highest BCUT2D eigenvalue weighted by atomic mass is 16.1. The first kappa shape index (κ1) is 13.4. The van der Waals surface area contributed by atoms with Gasteiger partial charge >= 0.3 is 0 Å². The molecule has 0 heterocycles. The van der Waals surface area contributed by atoms with Crippen LogP contribution in [-0.2, 0) is 4.79 Å². The second-order valence-corrected chi connectivity index (χ2v) is 4.90. The maximum absolute atomic E-state index is 11.5. The minimum absolute atomic E-state index is 0.136. The number of rotatable bonds is 6. The van der Waals surface area contributed by atoms with E-state index in [9.17, 15) is 4.79 Å². The summed E-state index contributed by atoms with van der Waals surface area (Å²) in [6.45, 7) is 8.87. The molecule has 0 saturated heterocycles. The van der Waals surface area contributed by atoms with E-state index in [4.69, 9.17) is 5.73 Å². The Morgan fingerprint density at radius 2 is 2.00 bits per heavy atom. The van der Waals surface area contributed by atoms with Crippen molar-refractivity contribution < 1.29 is 4.79 Å². The van der Waals surface area contributed by atoms with Crippen LogP contribution in [0.25, 0.3) is 0 Å². The molecule has 0 fully saturated rings. The minimum Gasteiger partial charge on any atom is -0.351 e. The van der Waals surface area contributed by atoms with Gasteiger partial charge in [-0.1, -0.05) is 13.8 Å². The number of carbonyl (C=O) groups excluding carboxylic acids is 1. The molecule has 0 atom stereocenters. The molecular formula is C11H24N2O. The second-order valence-electron chi connectivity index (χ2n) is 4.90. The van der Waals surface area contributed by atoms with E-state index in [0.717, 1.165) is 12.8 Å². The molecular weight excluding hydrogens is 176 g/mol.